The summed E-state index contributed by atoms with van der Waals surface area (Å²) in [5, 5.41) is -0.407. The smallest absolute Gasteiger partial charge is 0.180 e. The molecule has 1 atom stereocenters. The second-order valence-electron chi connectivity index (χ2n) is 5.07. The van der Waals surface area contributed by atoms with Gasteiger partial charge in [0.25, 0.3) is 0 Å². The molecule has 2 heteroatoms. The van der Waals surface area contributed by atoms with E-state index in [1.165, 1.54) is 5.56 Å². The van der Waals surface area contributed by atoms with Crippen LogP contribution in [0.5, 0.6) is 0 Å². The summed E-state index contributed by atoms with van der Waals surface area (Å²) in [6, 6.07) is 7.76. The summed E-state index contributed by atoms with van der Waals surface area (Å²) in [6.45, 7) is 8.32. The predicted molar refractivity (Wildman–Crippen MR) is 69.4 cm³/mol. The molecule has 0 aliphatic rings. The number of carbonyl (C=O) groups excluding carboxylic acids is 1. The van der Waals surface area contributed by atoms with Gasteiger partial charge in [0.05, 0.1) is 5.38 Å². The summed E-state index contributed by atoms with van der Waals surface area (Å²) in [4.78, 5) is 11.9. The Hall–Kier alpha value is -0.820. The minimum atomic E-state index is -0.407. The van der Waals surface area contributed by atoms with Crippen molar-refractivity contribution in [1.82, 2.24) is 0 Å². The molecule has 1 rings (SSSR count). The molecule has 0 fully saturated rings. The number of halogens is 1. The highest BCUT2D eigenvalue weighted by molar-refractivity contribution is 6.33. The van der Waals surface area contributed by atoms with E-state index in [0.717, 1.165) is 0 Å². The van der Waals surface area contributed by atoms with Gasteiger partial charge in [-0.3, -0.25) is 4.79 Å². The molecule has 1 nitrogen and oxygen atoms in total. The van der Waals surface area contributed by atoms with E-state index in [1.807, 2.05) is 31.2 Å². The lowest BCUT2D eigenvalue weighted by Gasteiger charge is -2.19. The Bertz CT molecular complexity index is 377. The fourth-order valence-corrected chi connectivity index (χ4v) is 1.63. The summed E-state index contributed by atoms with van der Waals surface area (Å²) in [6.07, 6.45) is 0.667. The van der Waals surface area contributed by atoms with Gasteiger partial charge in [0.2, 0.25) is 0 Å². The van der Waals surface area contributed by atoms with Crippen molar-refractivity contribution in [2.75, 3.05) is 0 Å². The van der Waals surface area contributed by atoms with E-state index in [2.05, 4.69) is 20.8 Å². The number of alkyl halides is 1. The van der Waals surface area contributed by atoms with E-state index >= 15 is 0 Å². The number of carbonyl (C=O) groups is 1. The molecule has 0 bridgehead atoms. The molecule has 1 aromatic carbocycles. The quantitative estimate of drug-likeness (QED) is 0.570. The number of rotatable bonds is 3. The van der Waals surface area contributed by atoms with Gasteiger partial charge in [-0.1, -0.05) is 45.9 Å². The molecule has 1 unspecified atom stereocenters. The molecule has 16 heavy (non-hydrogen) atoms. The Morgan fingerprint density at radius 2 is 2.00 bits per heavy atom. The number of hydrogen-bond donors (Lipinski definition) is 0. The van der Waals surface area contributed by atoms with E-state index in [-0.39, 0.29) is 11.2 Å². The number of benzene rings is 1. The molecule has 0 amide bonds. The Morgan fingerprint density at radius 3 is 2.50 bits per heavy atom. The van der Waals surface area contributed by atoms with Crippen LogP contribution in [0.1, 0.15) is 50.0 Å². The molecule has 0 saturated carbocycles. The van der Waals surface area contributed by atoms with E-state index in [1.54, 1.807) is 0 Å². The third kappa shape index (κ3) is 3.08. The SMILES string of the molecule is CCC(Cl)C(=O)c1cccc(C(C)(C)C)c1. The minimum absolute atomic E-state index is 0.0234. The van der Waals surface area contributed by atoms with Crippen LogP contribution in [0.2, 0.25) is 0 Å². The van der Waals surface area contributed by atoms with Gasteiger partial charge in [-0.05, 0) is 23.5 Å². The molecule has 0 N–H and O–H groups in total. The lowest BCUT2D eigenvalue weighted by atomic mass is 9.85. The minimum Gasteiger partial charge on any atom is -0.293 e. The van der Waals surface area contributed by atoms with E-state index in [9.17, 15) is 4.79 Å². The monoisotopic (exact) mass is 238 g/mol. The average molecular weight is 239 g/mol. The lowest BCUT2D eigenvalue weighted by Crippen LogP contribution is -2.16. The highest BCUT2D eigenvalue weighted by Gasteiger charge is 2.18. The summed E-state index contributed by atoms with van der Waals surface area (Å²) in [5.41, 5.74) is 1.94. The van der Waals surface area contributed by atoms with Gasteiger partial charge in [-0.2, -0.15) is 0 Å². The Labute approximate surface area is 103 Å². The molecular formula is C14H19ClO. The van der Waals surface area contributed by atoms with Gasteiger partial charge in [0.1, 0.15) is 0 Å². The fourth-order valence-electron chi connectivity index (χ4n) is 1.51. The lowest BCUT2D eigenvalue weighted by molar-refractivity contribution is 0.0985. The van der Waals surface area contributed by atoms with Crippen molar-refractivity contribution in [2.45, 2.75) is 44.9 Å². The average Bonchev–Trinajstić information content (AvgIpc) is 2.26. The van der Waals surface area contributed by atoms with Crippen LogP contribution in [0.4, 0.5) is 0 Å². The molecule has 0 spiro atoms. The molecular weight excluding hydrogens is 220 g/mol. The Kier molecular flexibility index (Phi) is 4.15. The van der Waals surface area contributed by atoms with Crippen LogP contribution < -0.4 is 0 Å². The van der Waals surface area contributed by atoms with Crippen molar-refractivity contribution in [2.24, 2.45) is 0 Å². The van der Waals surface area contributed by atoms with Gasteiger partial charge in [0, 0.05) is 5.56 Å². The topological polar surface area (TPSA) is 17.1 Å². The standard InChI is InChI=1S/C14H19ClO/c1-5-12(15)13(16)10-7-6-8-11(9-10)14(2,3)4/h6-9,12H,5H2,1-4H3. The molecule has 1 aromatic rings. The Morgan fingerprint density at radius 1 is 1.38 bits per heavy atom. The van der Waals surface area contributed by atoms with Gasteiger partial charge in [-0.15, -0.1) is 11.6 Å². The second-order valence-corrected chi connectivity index (χ2v) is 5.60. The largest absolute Gasteiger partial charge is 0.293 e. The van der Waals surface area contributed by atoms with Gasteiger partial charge >= 0.3 is 0 Å². The maximum Gasteiger partial charge on any atom is 0.180 e. The molecule has 0 saturated heterocycles. The van der Waals surface area contributed by atoms with E-state index in [0.29, 0.717) is 12.0 Å². The van der Waals surface area contributed by atoms with E-state index < -0.39 is 5.38 Å². The zero-order valence-electron chi connectivity index (χ0n) is 10.4. The number of ketones is 1. The number of Topliss-reactive ketones (excluding diaryl/α,β-unsaturated/α-hetero) is 1. The van der Waals surface area contributed by atoms with Crippen molar-refractivity contribution in [3.8, 4) is 0 Å². The zero-order chi connectivity index (χ0) is 12.3. The van der Waals surface area contributed by atoms with Crippen LogP contribution in [-0.4, -0.2) is 11.2 Å². The first-order valence-corrected chi connectivity index (χ1v) is 6.08. The normalized spacial score (nSPS) is 13.6. The van der Waals surface area contributed by atoms with E-state index in [4.69, 9.17) is 11.6 Å². The molecule has 0 heterocycles. The highest BCUT2D eigenvalue weighted by atomic mass is 35.5. The maximum atomic E-state index is 11.9. The van der Waals surface area contributed by atoms with Crippen molar-refractivity contribution >= 4 is 17.4 Å². The third-order valence-corrected chi connectivity index (χ3v) is 3.16. The third-order valence-electron chi connectivity index (χ3n) is 2.66. The van der Waals surface area contributed by atoms with Crippen molar-refractivity contribution < 1.29 is 4.79 Å². The van der Waals surface area contributed by atoms with Crippen molar-refractivity contribution in [3.63, 3.8) is 0 Å². The summed E-state index contributed by atoms with van der Waals surface area (Å²) in [7, 11) is 0. The van der Waals surface area contributed by atoms with Crippen LogP contribution in [-0.2, 0) is 5.41 Å². The molecule has 0 aromatic heterocycles. The van der Waals surface area contributed by atoms with Gasteiger partial charge in [0.15, 0.2) is 5.78 Å². The summed E-state index contributed by atoms with van der Waals surface area (Å²) < 4.78 is 0. The van der Waals surface area contributed by atoms with Crippen molar-refractivity contribution in [1.29, 1.82) is 0 Å². The van der Waals surface area contributed by atoms with Crippen LogP contribution >= 0.6 is 11.6 Å². The second kappa shape index (κ2) is 5.01. The summed E-state index contributed by atoms with van der Waals surface area (Å²) >= 11 is 5.97. The fraction of sp³-hybridized carbons (Fsp3) is 0.500. The molecule has 0 aliphatic heterocycles. The van der Waals surface area contributed by atoms with Crippen LogP contribution in [0.25, 0.3) is 0 Å². The molecule has 88 valence electrons. The first-order chi connectivity index (χ1) is 7.36. The van der Waals surface area contributed by atoms with Crippen LogP contribution in [0.15, 0.2) is 24.3 Å². The first-order valence-electron chi connectivity index (χ1n) is 5.65. The predicted octanol–water partition coefficient (Wildman–Crippen LogP) is 4.18. The van der Waals surface area contributed by atoms with Crippen LogP contribution in [0.3, 0.4) is 0 Å². The first kappa shape index (κ1) is 13.2. The highest BCUT2D eigenvalue weighted by Crippen LogP contribution is 2.23. The van der Waals surface area contributed by atoms with Crippen molar-refractivity contribution in [3.05, 3.63) is 35.4 Å². The summed E-state index contributed by atoms with van der Waals surface area (Å²) in [5.74, 6) is 0.0234. The van der Waals surface area contributed by atoms with Gasteiger partial charge in [-0.25, -0.2) is 0 Å². The molecule has 0 radical (unpaired) electrons. The zero-order valence-corrected chi connectivity index (χ0v) is 11.1. The Balaban J connectivity index is 3.04. The van der Waals surface area contributed by atoms with Gasteiger partial charge < -0.3 is 0 Å². The maximum absolute atomic E-state index is 11.9. The number of hydrogen-bond acceptors (Lipinski definition) is 1. The van der Waals surface area contributed by atoms with Crippen LogP contribution in [0, 0.1) is 0 Å². The molecule has 0 aliphatic carbocycles.